The number of hydrogen-bond acceptors (Lipinski definition) is 2. The monoisotopic (exact) mass is 285 g/mol. The molecule has 0 saturated carbocycles. The van der Waals surface area contributed by atoms with Crippen molar-refractivity contribution in [2.75, 3.05) is 5.73 Å². The first kappa shape index (κ1) is 15.6. The first-order valence-electron chi connectivity index (χ1n) is 7.72. The number of benzene rings is 1. The summed E-state index contributed by atoms with van der Waals surface area (Å²) in [5, 5.41) is 0. The van der Waals surface area contributed by atoms with Gasteiger partial charge >= 0.3 is 0 Å². The number of imidazole rings is 1. The van der Waals surface area contributed by atoms with Crippen LogP contribution >= 0.6 is 0 Å². The fourth-order valence-corrected chi connectivity index (χ4v) is 2.60. The highest BCUT2D eigenvalue weighted by Gasteiger charge is 2.18. The molecule has 0 aliphatic carbocycles. The van der Waals surface area contributed by atoms with Gasteiger partial charge in [-0.15, -0.1) is 0 Å². The summed E-state index contributed by atoms with van der Waals surface area (Å²) in [5.74, 6) is 2.20. The molecule has 0 aliphatic rings. The lowest BCUT2D eigenvalue weighted by Crippen LogP contribution is -2.10. The number of anilines is 1. The van der Waals surface area contributed by atoms with Crippen LogP contribution < -0.4 is 5.73 Å². The van der Waals surface area contributed by atoms with Crippen LogP contribution in [0.15, 0.2) is 24.3 Å². The molecule has 2 rings (SSSR count). The molecule has 3 nitrogen and oxygen atoms in total. The normalized spacial score (nSPS) is 12.1. The van der Waals surface area contributed by atoms with Gasteiger partial charge < -0.3 is 10.3 Å². The van der Waals surface area contributed by atoms with E-state index in [2.05, 4.69) is 70.4 Å². The number of nitrogen functional groups attached to an aromatic ring is 1. The molecule has 114 valence electrons. The molecule has 2 aromatic rings. The second-order valence-electron chi connectivity index (χ2n) is 6.93. The molecule has 0 fully saturated rings. The van der Waals surface area contributed by atoms with E-state index < -0.39 is 0 Å². The highest BCUT2D eigenvalue weighted by Crippen LogP contribution is 2.31. The Bertz CT molecular complexity index is 613. The Kier molecular flexibility index (Phi) is 4.13. The molecule has 2 N–H and O–H groups in total. The smallest absolute Gasteiger partial charge is 0.131 e. The van der Waals surface area contributed by atoms with E-state index in [-0.39, 0.29) is 5.41 Å². The van der Waals surface area contributed by atoms with Crippen LogP contribution in [0, 0.1) is 0 Å². The van der Waals surface area contributed by atoms with E-state index in [1.165, 1.54) is 5.56 Å². The maximum absolute atomic E-state index is 6.31. The molecule has 0 spiro atoms. The Balaban J connectivity index is 2.47. The molecule has 1 heterocycles. The fraction of sp³-hybridized carbons (Fsp3) is 0.500. The summed E-state index contributed by atoms with van der Waals surface area (Å²) >= 11 is 0. The number of nitrogens with two attached hydrogens (primary N) is 1. The van der Waals surface area contributed by atoms with Gasteiger partial charge in [-0.2, -0.15) is 0 Å². The zero-order valence-electron chi connectivity index (χ0n) is 14.1. The topological polar surface area (TPSA) is 43.8 Å². The molecule has 0 saturated heterocycles. The molecule has 1 aromatic heterocycles. The third-order valence-corrected chi connectivity index (χ3v) is 3.89. The van der Waals surface area contributed by atoms with Gasteiger partial charge in [0.15, 0.2) is 0 Å². The lowest BCUT2D eigenvalue weighted by atomic mass is 9.86. The van der Waals surface area contributed by atoms with Crippen molar-refractivity contribution in [1.29, 1.82) is 0 Å². The fourth-order valence-electron chi connectivity index (χ4n) is 2.60. The predicted octanol–water partition coefficient (Wildman–Crippen LogP) is 4.57. The Hall–Kier alpha value is -1.77. The van der Waals surface area contributed by atoms with Gasteiger partial charge in [0.25, 0.3) is 0 Å². The predicted molar refractivity (Wildman–Crippen MR) is 90.5 cm³/mol. The minimum atomic E-state index is 0.163. The molecule has 0 amide bonds. The van der Waals surface area contributed by atoms with Gasteiger partial charge in [-0.1, -0.05) is 58.9 Å². The molecular weight excluding hydrogens is 258 g/mol. The van der Waals surface area contributed by atoms with Crippen LogP contribution in [0.2, 0.25) is 0 Å². The molecular formula is C18H27N3. The maximum atomic E-state index is 6.31. The van der Waals surface area contributed by atoms with Crippen molar-refractivity contribution < 1.29 is 0 Å². The molecule has 0 atom stereocenters. The Morgan fingerprint density at radius 1 is 1.14 bits per heavy atom. The zero-order chi connectivity index (χ0) is 15.8. The maximum Gasteiger partial charge on any atom is 0.131 e. The molecule has 0 aliphatic heterocycles. The average Bonchev–Trinajstić information content (AvgIpc) is 2.75. The third kappa shape index (κ3) is 2.97. The number of rotatable bonds is 3. The van der Waals surface area contributed by atoms with Gasteiger partial charge in [-0.3, -0.25) is 0 Å². The summed E-state index contributed by atoms with van der Waals surface area (Å²) in [6.45, 7) is 13.9. The number of nitrogens with zero attached hydrogens (tertiary/aromatic N) is 2. The molecule has 0 bridgehead atoms. The van der Waals surface area contributed by atoms with Crippen molar-refractivity contribution in [2.24, 2.45) is 0 Å². The first-order chi connectivity index (χ1) is 9.75. The van der Waals surface area contributed by atoms with Crippen LogP contribution in [-0.2, 0) is 12.0 Å². The molecule has 0 unspecified atom stereocenters. The SMILES string of the molecule is CCn1c(C(C)C)nc(-c2ccc(C(C)(C)C)cc2)c1N. The lowest BCUT2D eigenvalue weighted by Gasteiger charge is -2.19. The highest BCUT2D eigenvalue weighted by molar-refractivity contribution is 5.71. The minimum Gasteiger partial charge on any atom is -0.383 e. The van der Waals surface area contributed by atoms with Gasteiger partial charge in [0, 0.05) is 18.0 Å². The summed E-state index contributed by atoms with van der Waals surface area (Å²) in [4.78, 5) is 4.78. The Morgan fingerprint density at radius 3 is 2.10 bits per heavy atom. The first-order valence-corrected chi connectivity index (χ1v) is 7.72. The van der Waals surface area contributed by atoms with E-state index in [1.54, 1.807) is 0 Å². The van der Waals surface area contributed by atoms with E-state index in [4.69, 9.17) is 10.7 Å². The summed E-state index contributed by atoms with van der Waals surface area (Å²) < 4.78 is 2.11. The van der Waals surface area contributed by atoms with Crippen LogP contribution in [0.4, 0.5) is 5.82 Å². The standard InChI is InChI=1S/C18H27N3/c1-7-21-16(19)15(20-17(21)12(2)3)13-8-10-14(11-9-13)18(4,5)6/h8-12H,7,19H2,1-6H3. The van der Waals surface area contributed by atoms with Gasteiger partial charge in [0.2, 0.25) is 0 Å². The van der Waals surface area contributed by atoms with Gasteiger partial charge in [-0.25, -0.2) is 4.98 Å². The average molecular weight is 285 g/mol. The Labute approximate surface area is 128 Å². The van der Waals surface area contributed by atoms with Crippen molar-refractivity contribution in [1.82, 2.24) is 9.55 Å². The summed E-state index contributed by atoms with van der Waals surface area (Å²) in [6, 6.07) is 8.61. The Morgan fingerprint density at radius 2 is 1.71 bits per heavy atom. The molecule has 0 radical (unpaired) electrons. The third-order valence-electron chi connectivity index (χ3n) is 3.89. The summed E-state index contributed by atoms with van der Waals surface area (Å²) in [6.07, 6.45) is 0. The van der Waals surface area contributed by atoms with E-state index in [0.717, 1.165) is 29.4 Å². The van der Waals surface area contributed by atoms with Gasteiger partial charge in [0.1, 0.15) is 17.3 Å². The van der Waals surface area contributed by atoms with E-state index >= 15 is 0 Å². The van der Waals surface area contributed by atoms with Crippen LogP contribution in [0.25, 0.3) is 11.3 Å². The summed E-state index contributed by atoms with van der Waals surface area (Å²) in [5.41, 5.74) is 9.79. The minimum absolute atomic E-state index is 0.163. The quantitative estimate of drug-likeness (QED) is 0.897. The lowest BCUT2D eigenvalue weighted by molar-refractivity contribution is 0.590. The second-order valence-corrected chi connectivity index (χ2v) is 6.93. The zero-order valence-corrected chi connectivity index (χ0v) is 14.1. The van der Waals surface area contributed by atoms with Gasteiger partial charge in [-0.05, 0) is 17.9 Å². The van der Waals surface area contributed by atoms with Crippen LogP contribution in [0.1, 0.15) is 58.8 Å². The van der Waals surface area contributed by atoms with Crippen LogP contribution in [0.5, 0.6) is 0 Å². The highest BCUT2D eigenvalue weighted by atomic mass is 15.1. The van der Waals surface area contributed by atoms with Gasteiger partial charge in [0.05, 0.1) is 0 Å². The van der Waals surface area contributed by atoms with Crippen molar-refractivity contribution in [2.45, 2.75) is 59.4 Å². The van der Waals surface area contributed by atoms with Crippen molar-refractivity contribution in [3.05, 3.63) is 35.7 Å². The molecule has 3 heteroatoms. The number of aromatic nitrogens is 2. The van der Waals surface area contributed by atoms with E-state index in [9.17, 15) is 0 Å². The van der Waals surface area contributed by atoms with E-state index in [0.29, 0.717) is 5.92 Å². The van der Waals surface area contributed by atoms with Crippen molar-refractivity contribution >= 4 is 5.82 Å². The van der Waals surface area contributed by atoms with Crippen molar-refractivity contribution in [3.8, 4) is 11.3 Å². The summed E-state index contributed by atoms with van der Waals surface area (Å²) in [7, 11) is 0. The largest absolute Gasteiger partial charge is 0.383 e. The van der Waals surface area contributed by atoms with Crippen LogP contribution in [-0.4, -0.2) is 9.55 Å². The number of hydrogen-bond donors (Lipinski definition) is 1. The second kappa shape index (κ2) is 5.55. The van der Waals surface area contributed by atoms with Crippen LogP contribution in [0.3, 0.4) is 0 Å². The van der Waals surface area contributed by atoms with Crippen molar-refractivity contribution in [3.63, 3.8) is 0 Å². The van der Waals surface area contributed by atoms with E-state index in [1.807, 2.05) is 0 Å². The molecule has 1 aromatic carbocycles. The molecule has 21 heavy (non-hydrogen) atoms.